The summed E-state index contributed by atoms with van der Waals surface area (Å²) in [6.45, 7) is 3.83. The van der Waals surface area contributed by atoms with Gasteiger partial charge >= 0.3 is 0 Å². The van der Waals surface area contributed by atoms with Crippen LogP contribution in [0.2, 0.25) is 0 Å². The van der Waals surface area contributed by atoms with Gasteiger partial charge < -0.3 is 10.1 Å². The summed E-state index contributed by atoms with van der Waals surface area (Å²) < 4.78 is 4.97. The van der Waals surface area contributed by atoms with Crippen LogP contribution in [0.5, 0.6) is 0 Å². The number of methoxy groups -OCH3 is 1. The maximum atomic E-state index is 4.97. The Labute approximate surface area is 85.5 Å². The molecule has 1 aromatic rings. The number of hydrogen-bond acceptors (Lipinski definition) is 3. The highest BCUT2D eigenvalue weighted by atomic mass is 16.5. The van der Waals surface area contributed by atoms with Crippen molar-refractivity contribution in [2.45, 2.75) is 19.8 Å². The number of unbranched alkanes of at least 4 members (excludes halogenated alkanes) is 1. The van der Waals surface area contributed by atoms with E-state index < -0.39 is 0 Å². The Bertz CT molecular complexity index is 246. The van der Waals surface area contributed by atoms with E-state index in [0.29, 0.717) is 0 Å². The lowest BCUT2D eigenvalue weighted by molar-refractivity contribution is 0.194. The van der Waals surface area contributed by atoms with Crippen LogP contribution in [0.1, 0.15) is 18.4 Å². The van der Waals surface area contributed by atoms with Gasteiger partial charge in [0.05, 0.1) is 0 Å². The highest BCUT2D eigenvalue weighted by Gasteiger charge is 1.92. The first-order chi connectivity index (χ1) is 6.83. The fraction of sp³-hybridized carbons (Fsp3) is 0.545. The summed E-state index contributed by atoms with van der Waals surface area (Å²) in [5, 5.41) is 3.26. The van der Waals surface area contributed by atoms with Gasteiger partial charge in [-0.05, 0) is 31.4 Å². The van der Waals surface area contributed by atoms with Gasteiger partial charge in [-0.25, -0.2) is 4.98 Å². The number of aromatic nitrogens is 1. The highest BCUT2D eigenvalue weighted by Crippen LogP contribution is 2.03. The van der Waals surface area contributed by atoms with Crippen molar-refractivity contribution in [3.63, 3.8) is 0 Å². The molecule has 0 aliphatic carbocycles. The van der Waals surface area contributed by atoms with E-state index >= 15 is 0 Å². The van der Waals surface area contributed by atoms with Crippen LogP contribution in [0.3, 0.4) is 0 Å². The van der Waals surface area contributed by atoms with E-state index in [9.17, 15) is 0 Å². The summed E-state index contributed by atoms with van der Waals surface area (Å²) in [5.41, 5.74) is 1.19. The molecule has 0 atom stereocenters. The minimum atomic E-state index is 0.836. The molecule has 0 bridgehead atoms. The maximum Gasteiger partial charge on any atom is 0.125 e. The van der Waals surface area contributed by atoms with Crippen molar-refractivity contribution in [1.82, 2.24) is 4.98 Å². The second-order valence-corrected chi connectivity index (χ2v) is 3.35. The molecule has 0 unspecified atom stereocenters. The van der Waals surface area contributed by atoms with Crippen LogP contribution in [0.25, 0.3) is 0 Å². The van der Waals surface area contributed by atoms with E-state index in [0.717, 1.165) is 31.8 Å². The summed E-state index contributed by atoms with van der Waals surface area (Å²) >= 11 is 0. The van der Waals surface area contributed by atoms with E-state index in [2.05, 4.69) is 16.4 Å². The molecule has 1 rings (SSSR count). The smallest absolute Gasteiger partial charge is 0.125 e. The van der Waals surface area contributed by atoms with Crippen LogP contribution < -0.4 is 5.32 Å². The largest absolute Gasteiger partial charge is 0.385 e. The predicted octanol–water partition coefficient (Wildman–Crippen LogP) is 2.23. The van der Waals surface area contributed by atoms with Gasteiger partial charge in [0.1, 0.15) is 5.82 Å². The first-order valence-corrected chi connectivity index (χ1v) is 4.98. The molecular formula is C11H18N2O. The molecule has 0 spiro atoms. The Morgan fingerprint density at radius 2 is 2.21 bits per heavy atom. The normalized spacial score (nSPS) is 10.1. The Morgan fingerprint density at radius 3 is 2.86 bits per heavy atom. The third-order valence-electron chi connectivity index (χ3n) is 1.99. The first-order valence-electron chi connectivity index (χ1n) is 4.98. The number of nitrogens with zero attached hydrogens (tertiary/aromatic N) is 1. The Kier molecular flexibility index (Phi) is 5.00. The van der Waals surface area contributed by atoms with E-state index in [4.69, 9.17) is 4.74 Å². The number of aryl methyl sites for hydroxylation is 1. The van der Waals surface area contributed by atoms with Crippen molar-refractivity contribution in [2.75, 3.05) is 25.6 Å². The van der Waals surface area contributed by atoms with Crippen molar-refractivity contribution in [3.8, 4) is 0 Å². The van der Waals surface area contributed by atoms with Gasteiger partial charge in [0.25, 0.3) is 0 Å². The fourth-order valence-corrected chi connectivity index (χ4v) is 1.16. The fourth-order valence-electron chi connectivity index (χ4n) is 1.16. The van der Waals surface area contributed by atoms with Gasteiger partial charge in [0, 0.05) is 26.5 Å². The predicted molar refractivity (Wildman–Crippen MR) is 58.6 cm³/mol. The molecule has 0 aromatic carbocycles. The van der Waals surface area contributed by atoms with Crippen LogP contribution in [-0.4, -0.2) is 25.2 Å². The lowest BCUT2D eigenvalue weighted by Crippen LogP contribution is -2.04. The molecule has 0 aliphatic heterocycles. The average molecular weight is 194 g/mol. The third kappa shape index (κ3) is 4.23. The molecule has 3 nitrogen and oxygen atoms in total. The van der Waals surface area contributed by atoms with Gasteiger partial charge in [0.2, 0.25) is 0 Å². The van der Waals surface area contributed by atoms with E-state index in [-0.39, 0.29) is 0 Å². The van der Waals surface area contributed by atoms with E-state index in [1.54, 1.807) is 7.11 Å². The molecular weight excluding hydrogens is 176 g/mol. The summed E-state index contributed by atoms with van der Waals surface area (Å²) in [6, 6.07) is 4.07. The second kappa shape index (κ2) is 6.38. The highest BCUT2D eigenvalue weighted by molar-refractivity contribution is 5.34. The minimum absolute atomic E-state index is 0.836. The topological polar surface area (TPSA) is 34.1 Å². The van der Waals surface area contributed by atoms with Crippen molar-refractivity contribution < 1.29 is 4.74 Å². The summed E-state index contributed by atoms with van der Waals surface area (Å²) in [6.07, 6.45) is 4.08. The van der Waals surface area contributed by atoms with Crippen molar-refractivity contribution in [3.05, 3.63) is 23.9 Å². The van der Waals surface area contributed by atoms with E-state index in [1.165, 1.54) is 5.56 Å². The van der Waals surface area contributed by atoms with Gasteiger partial charge in [-0.1, -0.05) is 6.07 Å². The minimum Gasteiger partial charge on any atom is -0.385 e. The standard InChI is InChI=1S/C11H18N2O/c1-10-5-6-11(13-9-10)12-7-3-4-8-14-2/h5-6,9H,3-4,7-8H2,1-2H3,(H,12,13). The Balaban J connectivity index is 2.15. The first kappa shape index (κ1) is 11.0. The molecule has 1 N–H and O–H groups in total. The molecule has 1 heterocycles. The molecule has 0 saturated heterocycles. The molecule has 0 saturated carbocycles. The lowest BCUT2D eigenvalue weighted by Gasteiger charge is -2.04. The van der Waals surface area contributed by atoms with Crippen LogP contribution in [0.15, 0.2) is 18.3 Å². The van der Waals surface area contributed by atoms with Crippen LogP contribution in [0, 0.1) is 6.92 Å². The van der Waals surface area contributed by atoms with Crippen LogP contribution in [0.4, 0.5) is 5.82 Å². The third-order valence-corrected chi connectivity index (χ3v) is 1.99. The molecule has 78 valence electrons. The van der Waals surface area contributed by atoms with Crippen LogP contribution in [-0.2, 0) is 4.74 Å². The lowest BCUT2D eigenvalue weighted by atomic mass is 10.3. The quantitative estimate of drug-likeness (QED) is 0.705. The van der Waals surface area contributed by atoms with Crippen molar-refractivity contribution in [1.29, 1.82) is 0 Å². The molecule has 3 heteroatoms. The average Bonchev–Trinajstić information content (AvgIpc) is 2.21. The van der Waals surface area contributed by atoms with Gasteiger partial charge in [-0.3, -0.25) is 0 Å². The molecule has 0 aliphatic rings. The van der Waals surface area contributed by atoms with Gasteiger partial charge in [0.15, 0.2) is 0 Å². The van der Waals surface area contributed by atoms with Crippen molar-refractivity contribution >= 4 is 5.82 Å². The number of ether oxygens (including phenoxy) is 1. The molecule has 14 heavy (non-hydrogen) atoms. The molecule has 0 fully saturated rings. The molecule has 0 amide bonds. The summed E-state index contributed by atoms with van der Waals surface area (Å²) in [7, 11) is 1.73. The van der Waals surface area contributed by atoms with Gasteiger partial charge in [-0.15, -0.1) is 0 Å². The number of anilines is 1. The monoisotopic (exact) mass is 194 g/mol. The summed E-state index contributed by atoms with van der Waals surface area (Å²) in [4.78, 5) is 4.25. The second-order valence-electron chi connectivity index (χ2n) is 3.35. The molecule has 0 radical (unpaired) electrons. The van der Waals surface area contributed by atoms with Crippen LogP contribution >= 0.6 is 0 Å². The maximum absolute atomic E-state index is 4.97. The Morgan fingerprint density at radius 1 is 1.36 bits per heavy atom. The van der Waals surface area contributed by atoms with Crippen molar-refractivity contribution in [2.24, 2.45) is 0 Å². The van der Waals surface area contributed by atoms with E-state index in [1.807, 2.05) is 19.2 Å². The SMILES string of the molecule is COCCCCNc1ccc(C)cn1. The summed E-state index contributed by atoms with van der Waals surface area (Å²) in [5.74, 6) is 0.952. The Hall–Kier alpha value is -1.09. The number of pyridine rings is 1. The zero-order valence-electron chi connectivity index (χ0n) is 8.92. The number of nitrogens with one attached hydrogen (secondary N) is 1. The zero-order valence-corrected chi connectivity index (χ0v) is 8.92. The van der Waals surface area contributed by atoms with Gasteiger partial charge in [-0.2, -0.15) is 0 Å². The zero-order chi connectivity index (χ0) is 10.2. The number of rotatable bonds is 6. The number of hydrogen-bond donors (Lipinski definition) is 1. The molecule has 1 aromatic heterocycles.